The number of para-hydroxylation sites is 1. The highest BCUT2D eigenvalue weighted by Gasteiger charge is 2.31. The molecule has 6 heteroatoms. The van der Waals surface area contributed by atoms with Crippen LogP contribution < -0.4 is 10.2 Å². The van der Waals surface area contributed by atoms with Crippen LogP contribution in [0.2, 0.25) is 0 Å². The van der Waals surface area contributed by atoms with E-state index >= 15 is 0 Å². The molecule has 2 aliphatic heterocycles. The molecule has 4 rings (SSSR count). The summed E-state index contributed by atoms with van der Waals surface area (Å²) >= 11 is 0. The van der Waals surface area contributed by atoms with Crippen LogP contribution in [0.5, 0.6) is 0 Å². The number of amides is 2. The lowest BCUT2D eigenvalue weighted by Gasteiger charge is -2.33. The van der Waals surface area contributed by atoms with E-state index in [1.807, 2.05) is 0 Å². The van der Waals surface area contributed by atoms with Crippen LogP contribution in [0, 0.1) is 0 Å². The average Bonchev–Trinajstić information content (AvgIpc) is 3.36. The quantitative estimate of drug-likeness (QED) is 0.856. The lowest BCUT2D eigenvalue weighted by molar-refractivity contribution is -0.147. The Kier molecular flexibility index (Phi) is 5.62. The number of fused-ring (bicyclic) bond motifs is 1. The predicted molar refractivity (Wildman–Crippen MR) is 104 cm³/mol. The second-order valence-electron chi connectivity index (χ2n) is 7.80. The highest BCUT2D eigenvalue weighted by atomic mass is 16.5. The minimum absolute atomic E-state index is 0.0622. The molecule has 1 atom stereocenters. The van der Waals surface area contributed by atoms with Crippen LogP contribution in [0.25, 0.3) is 0 Å². The molecule has 1 aromatic rings. The Morgan fingerprint density at radius 3 is 2.81 bits per heavy atom. The van der Waals surface area contributed by atoms with E-state index in [9.17, 15) is 9.59 Å². The van der Waals surface area contributed by atoms with Crippen LogP contribution in [0.1, 0.15) is 37.7 Å². The summed E-state index contributed by atoms with van der Waals surface area (Å²) in [6.07, 6.45) is 5.46. The van der Waals surface area contributed by atoms with Crippen molar-refractivity contribution in [2.24, 2.45) is 0 Å². The van der Waals surface area contributed by atoms with Crippen LogP contribution in [-0.4, -0.2) is 61.6 Å². The monoisotopic (exact) mass is 371 g/mol. The van der Waals surface area contributed by atoms with Gasteiger partial charge in [-0.3, -0.25) is 9.59 Å². The van der Waals surface area contributed by atoms with E-state index in [4.69, 9.17) is 4.74 Å². The largest absolute Gasteiger partial charge is 0.370 e. The Balaban J connectivity index is 1.27. The molecule has 1 N–H and O–H groups in total. The molecule has 3 aliphatic rings. The molecule has 146 valence electrons. The molecule has 0 spiro atoms. The highest BCUT2D eigenvalue weighted by Crippen LogP contribution is 2.27. The van der Waals surface area contributed by atoms with E-state index in [1.165, 1.54) is 24.1 Å². The topological polar surface area (TPSA) is 61.9 Å². The van der Waals surface area contributed by atoms with Crippen molar-refractivity contribution in [1.82, 2.24) is 10.2 Å². The number of carbonyl (C=O) groups excluding carboxylic acids is 2. The fraction of sp³-hybridized carbons (Fsp3) is 0.619. The number of nitrogens with one attached hydrogen (secondary N) is 1. The predicted octanol–water partition coefficient (Wildman–Crippen LogP) is 1.73. The smallest absolute Gasteiger partial charge is 0.251 e. The number of ether oxygens (including phenoxy) is 1. The van der Waals surface area contributed by atoms with Gasteiger partial charge in [0.05, 0.1) is 13.2 Å². The summed E-state index contributed by atoms with van der Waals surface area (Å²) in [6.45, 7) is 3.08. The van der Waals surface area contributed by atoms with Gasteiger partial charge in [-0.2, -0.15) is 0 Å². The summed E-state index contributed by atoms with van der Waals surface area (Å²) in [4.78, 5) is 29.2. The number of morpholine rings is 1. The van der Waals surface area contributed by atoms with Gasteiger partial charge in [-0.05, 0) is 30.9 Å². The standard InChI is InChI=1S/C21H29N3O3/c25-20(10-12-23-11-9-16-5-1-4-8-18(16)23)24-13-14-27-19(15-24)21(26)22-17-6-2-3-7-17/h1,4-5,8,17,19H,2-3,6-7,9-15H2,(H,22,26)/t19-/m0/s1. The normalized spacial score (nSPS) is 22.7. The maximum atomic E-state index is 12.7. The van der Waals surface area contributed by atoms with Crippen molar-refractivity contribution in [3.8, 4) is 0 Å². The first kappa shape index (κ1) is 18.3. The van der Waals surface area contributed by atoms with Gasteiger partial charge in [0, 0.05) is 37.8 Å². The number of anilines is 1. The number of carbonyl (C=O) groups is 2. The summed E-state index contributed by atoms with van der Waals surface area (Å²) in [5.74, 6) is 0.0502. The van der Waals surface area contributed by atoms with Crippen molar-refractivity contribution >= 4 is 17.5 Å². The molecule has 1 saturated heterocycles. The summed E-state index contributed by atoms with van der Waals surface area (Å²) in [5, 5.41) is 3.09. The van der Waals surface area contributed by atoms with Gasteiger partial charge in [-0.25, -0.2) is 0 Å². The van der Waals surface area contributed by atoms with Gasteiger partial charge in [-0.15, -0.1) is 0 Å². The summed E-state index contributed by atoms with van der Waals surface area (Å²) < 4.78 is 5.64. The zero-order chi connectivity index (χ0) is 18.6. The number of nitrogens with zero attached hydrogens (tertiary/aromatic N) is 2. The average molecular weight is 371 g/mol. The van der Waals surface area contributed by atoms with Crippen LogP contribution in [0.4, 0.5) is 5.69 Å². The maximum Gasteiger partial charge on any atom is 0.251 e. The second-order valence-corrected chi connectivity index (χ2v) is 7.80. The fourth-order valence-corrected chi connectivity index (χ4v) is 4.43. The molecule has 1 aromatic carbocycles. The molecule has 27 heavy (non-hydrogen) atoms. The van der Waals surface area contributed by atoms with Crippen molar-refractivity contribution in [2.45, 2.75) is 50.7 Å². The van der Waals surface area contributed by atoms with Gasteiger partial charge in [0.1, 0.15) is 0 Å². The Hall–Kier alpha value is -2.08. The van der Waals surface area contributed by atoms with Gasteiger partial charge in [0.15, 0.2) is 6.10 Å². The third-order valence-electron chi connectivity index (χ3n) is 5.99. The molecule has 1 aliphatic carbocycles. The first-order valence-corrected chi connectivity index (χ1v) is 10.2. The van der Waals surface area contributed by atoms with Crippen molar-refractivity contribution in [2.75, 3.05) is 37.7 Å². The Morgan fingerprint density at radius 1 is 1.15 bits per heavy atom. The lowest BCUT2D eigenvalue weighted by atomic mass is 10.2. The van der Waals surface area contributed by atoms with Crippen LogP contribution in [0.3, 0.4) is 0 Å². The van der Waals surface area contributed by atoms with Gasteiger partial charge in [-0.1, -0.05) is 31.0 Å². The van der Waals surface area contributed by atoms with E-state index < -0.39 is 6.10 Å². The molecule has 0 unspecified atom stereocenters. The van der Waals surface area contributed by atoms with Crippen molar-refractivity contribution in [3.05, 3.63) is 29.8 Å². The molecular weight excluding hydrogens is 342 g/mol. The number of hydrogen-bond donors (Lipinski definition) is 1. The molecule has 1 saturated carbocycles. The SMILES string of the molecule is O=C(NC1CCCC1)[C@@H]1CN(C(=O)CCN2CCc3ccccc32)CCO1. The molecule has 0 aromatic heterocycles. The zero-order valence-electron chi connectivity index (χ0n) is 15.9. The Morgan fingerprint density at radius 2 is 1.96 bits per heavy atom. The second kappa shape index (κ2) is 8.30. The van der Waals surface area contributed by atoms with E-state index in [0.717, 1.165) is 32.4 Å². The molecule has 2 heterocycles. The number of benzene rings is 1. The maximum absolute atomic E-state index is 12.7. The summed E-state index contributed by atoms with van der Waals surface area (Å²) in [6, 6.07) is 8.69. The van der Waals surface area contributed by atoms with Gasteiger partial charge >= 0.3 is 0 Å². The third-order valence-corrected chi connectivity index (χ3v) is 5.99. The number of rotatable bonds is 5. The molecule has 0 radical (unpaired) electrons. The molecule has 2 fully saturated rings. The third kappa shape index (κ3) is 4.26. The molecule has 0 bridgehead atoms. The minimum Gasteiger partial charge on any atom is -0.370 e. The van der Waals surface area contributed by atoms with E-state index in [0.29, 0.717) is 26.1 Å². The van der Waals surface area contributed by atoms with Gasteiger partial charge < -0.3 is 19.9 Å². The number of hydrogen-bond acceptors (Lipinski definition) is 4. The van der Waals surface area contributed by atoms with Crippen LogP contribution in [0.15, 0.2) is 24.3 Å². The van der Waals surface area contributed by atoms with E-state index in [-0.39, 0.29) is 17.9 Å². The van der Waals surface area contributed by atoms with Gasteiger partial charge in [0.25, 0.3) is 5.91 Å². The summed E-state index contributed by atoms with van der Waals surface area (Å²) in [5.41, 5.74) is 2.61. The molecular formula is C21H29N3O3. The summed E-state index contributed by atoms with van der Waals surface area (Å²) in [7, 11) is 0. The van der Waals surface area contributed by atoms with Gasteiger partial charge in [0.2, 0.25) is 5.91 Å². The van der Waals surface area contributed by atoms with Crippen molar-refractivity contribution < 1.29 is 14.3 Å². The minimum atomic E-state index is -0.532. The first-order chi connectivity index (χ1) is 13.2. The Bertz CT molecular complexity index is 687. The van der Waals surface area contributed by atoms with E-state index in [2.05, 4.69) is 34.5 Å². The fourth-order valence-electron chi connectivity index (χ4n) is 4.43. The van der Waals surface area contributed by atoms with Crippen LogP contribution >= 0.6 is 0 Å². The van der Waals surface area contributed by atoms with Crippen molar-refractivity contribution in [1.29, 1.82) is 0 Å². The van der Waals surface area contributed by atoms with E-state index in [1.54, 1.807) is 4.90 Å². The lowest BCUT2D eigenvalue weighted by Crippen LogP contribution is -2.53. The zero-order valence-corrected chi connectivity index (χ0v) is 15.9. The highest BCUT2D eigenvalue weighted by molar-refractivity contribution is 5.83. The Labute approximate surface area is 160 Å². The van der Waals surface area contributed by atoms with Crippen LogP contribution in [-0.2, 0) is 20.7 Å². The first-order valence-electron chi connectivity index (χ1n) is 10.2. The van der Waals surface area contributed by atoms with Crippen molar-refractivity contribution in [3.63, 3.8) is 0 Å². The molecule has 2 amide bonds. The molecule has 6 nitrogen and oxygen atoms in total.